The second-order valence-corrected chi connectivity index (χ2v) is 9.09. The van der Waals surface area contributed by atoms with Crippen LogP contribution >= 0.6 is 0 Å². The van der Waals surface area contributed by atoms with Gasteiger partial charge in [0.15, 0.2) is 11.5 Å². The van der Waals surface area contributed by atoms with Gasteiger partial charge in [0.2, 0.25) is 6.79 Å². The quantitative estimate of drug-likeness (QED) is 0.608. The lowest BCUT2D eigenvalue weighted by Gasteiger charge is -2.19. The molecule has 0 atom stereocenters. The second-order valence-electron chi connectivity index (χ2n) is 7.41. The van der Waals surface area contributed by atoms with Crippen LogP contribution < -0.4 is 14.2 Å². The molecule has 1 aliphatic heterocycles. The molecule has 1 heterocycles. The van der Waals surface area contributed by atoms with Gasteiger partial charge in [0, 0.05) is 19.2 Å². The van der Waals surface area contributed by atoms with E-state index in [-0.39, 0.29) is 28.8 Å². The molecule has 1 aliphatic rings. The molecule has 0 aromatic heterocycles. The van der Waals surface area contributed by atoms with Gasteiger partial charge in [0.05, 0.1) is 10.6 Å². The van der Waals surface area contributed by atoms with Gasteiger partial charge in [-0.15, -0.1) is 0 Å². The molecule has 0 bridgehead atoms. The van der Waals surface area contributed by atoms with Crippen molar-refractivity contribution in [2.75, 3.05) is 18.6 Å². The number of hydrogen-bond acceptors (Lipinski definition) is 5. The molecule has 0 fully saturated rings. The molecule has 0 spiro atoms. The predicted molar refractivity (Wildman–Crippen MR) is 117 cm³/mol. The highest BCUT2D eigenvalue weighted by molar-refractivity contribution is 7.92. The summed E-state index contributed by atoms with van der Waals surface area (Å²) in [5.74, 6) is 0.233. The van der Waals surface area contributed by atoms with Crippen LogP contribution in [0.1, 0.15) is 21.5 Å². The first kappa shape index (κ1) is 21.6. The first-order chi connectivity index (χ1) is 15.2. The summed E-state index contributed by atoms with van der Waals surface area (Å²) in [6.07, 6.45) is 0. The third-order valence-corrected chi connectivity index (χ3v) is 6.43. The maximum Gasteiger partial charge on any atom is 0.262 e. The van der Waals surface area contributed by atoms with Crippen LogP contribution in [-0.2, 0) is 16.6 Å². The molecule has 0 aliphatic carbocycles. The lowest BCUT2D eigenvalue weighted by molar-refractivity contribution is 0.0784. The van der Waals surface area contributed by atoms with Crippen molar-refractivity contribution >= 4 is 21.6 Å². The summed E-state index contributed by atoms with van der Waals surface area (Å²) in [6.45, 7) is 2.18. The van der Waals surface area contributed by atoms with Gasteiger partial charge in [-0.05, 0) is 54.4 Å². The zero-order valence-electron chi connectivity index (χ0n) is 17.5. The molecule has 3 aromatic carbocycles. The molecule has 0 saturated heterocycles. The van der Waals surface area contributed by atoms with Crippen LogP contribution in [0.15, 0.2) is 65.6 Å². The Hall–Kier alpha value is -3.59. The lowest BCUT2D eigenvalue weighted by atomic mass is 10.1. The molecule has 7 nitrogen and oxygen atoms in total. The number of nitrogens with zero attached hydrogens (tertiary/aromatic N) is 1. The number of halogens is 1. The maximum atomic E-state index is 13.9. The van der Waals surface area contributed by atoms with Crippen LogP contribution in [0.5, 0.6) is 11.5 Å². The molecular weight excluding hydrogens is 435 g/mol. The van der Waals surface area contributed by atoms with Crippen molar-refractivity contribution in [3.8, 4) is 11.5 Å². The Morgan fingerprint density at radius 2 is 1.81 bits per heavy atom. The number of sulfonamides is 1. The molecule has 0 saturated carbocycles. The lowest BCUT2D eigenvalue weighted by Crippen LogP contribution is -2.27. The average molecular weight is 456 g/mol. The molecular formula is C23H21FN2O5S. The first-order valence-corrected chi connectivity index (χ1v) is 11.2. The van der Waals surface area contributed by atoms with Crippen LogP contribution in [0, 0.1) is 12.7 Å². The predicted octanol–water partition coefficient (Wildman–Crippen LogP) is 3.94. The number of hydrogen-bond donors (Lipinski definition) is 1. The number of anilines is 1. The summed E-state index contributed by atoms with van der Waals surface area (Å²) in [5, 5.41) is 0. The van der Waals surface area contributed by atoms with Gasteiger partial charge in [-0.3, -0.25) is 9.52 Å². The monoisotopic (exact) mass is 456 g/mol. The number of para-hydroxylation sites is 1. The number of carbonyl (C=O) groups excluding carboxylic acids is 1. The Morgan fingerprint density at radius 3 is 2.59 bits per heavy atom. The second kappa shape index (κ2) is 8.51. The summed E-state index contributed by atoms with van der Waals surface area (Å²) in [6, 6.07) is 15.1. The fourth-order valence-corrected chi connectivity index (χ4v) is 4.43. The smallest absolute Gasteiger partial charge is 0.262 e. The molecule has 0 unspecified atom stereocenters. The summed E-state index contributed by atoms with van der Waals surface area (Å²) in [7, 11) is -2.46. The summed E-state index contributed by atoms with van der Waals surface area (Å²) >= 11 is 0. The maximum absolute atomic E-state index is 13.9. The number of nitrogens with one attached hydrogen (secondary N) is 1. The Bertz CT molecular complexity index is 1290. The van der Waals surface area contributed by atoms with E-state index in [2.05, 4.69) is 4.72 Å². The van der Waals surface area contributed by atoms with Crippen molar-refractivity contribution in [3.63, 3.8) is 0 Å². The van der Waals surface area contributed by atoms with E-state index in [9.17, 15) is 17.6 Å². The number of ether oxygens (including phenoxy) is 2. The van der Waals surface area contributed by atoms with Crippen LogP contribution in [0.25, 0.3) is 0 Å². The fourth-order valence-electron chi connectivity index (χ4n) is 3.34. The first-order valence-electron chi connectivity index (χ1n) is 9.76. The minimum Gasteiger partial charge on any atom is -0.454 e. The van der Waals surface area contributed by atoms with Crippen molar-refractivity contribution < 1.29 is 27.1 Å². The van der Waals surface area contributed by atoms with Crippen LogP contribution in [-0.4, -0.2) is 33.1 Å². The molecule has 166 valence electrons. The third-order valence-electron chi connectivity index (χ3n) is 5.07. The minimum absolute atomic E-state index is 0.133. The van der Waals surface area contributed by atoms with Crippen LogP contribution in [0.3, 0.4) is 0 Å². The Kier molecular flexibility index (Phi) is 5.75. The van der Waals surface area contributed by atoms with E-state index in [1.54, 1.807) is 32.2 Å². The highest BCUT2D eigenvalue weighted by Gasteiger charge is 2.22. The molecule has 1 amide bonds. The highest BCUT2D eigenvalue weighted by atomic mass is 32.2. The highest BCUT2D eigenvalue weighted by Crippen LogP contribution is 2.33. The van der Waals surface area contributed by atoms with Crippen molar-refractivity contribution in [1.82, 2.24) is 4.90 Å². The van der Waals surface area contributed by atoms with Gasteiger partial charge < -0.3 is 14.4 Å². The number of rotatable bonds is 6. The Morgan fingerprint density at radius 1 is 1.06 bits per heavy atom. The summed E-state index contributed by atoms with van der Waals surface area (Å²) in [4.78, 5) is 14.4. The van der Waals surface area contributed by atoms with Gasteiger partial charge in [0.1, 0.15) is 5.82 Å². The minimum atomic E-state index is -4.09. The molecule has 3 aromatic rings. The summed E-state index contributed by atoms with van der Waals surface area (Å²) < 4.78 is 52.4. The topological polar surface area (TPSA) is 84.9 Å². The van der Waals surface area contributed by atoms with Crippen LogP contribution in [0.4, 0.5) is 10.1 Å². The third kappa shape index (κ3) is 4.38. The zero-order chi connectivity index (χ0) is 22.9. The molecule has 32 heavy (non-hydrogen) atoms. The van der Waals surface area contributed by atoms with E-state index in [1.165, 1.54) is 35.2 Å². The molecule has 9 heteroatoms. The van der Waals surface area contributed by atoms with Crippen molar-refractivity contribution in [2.45, 2.75) is 18.4 Å². The number of benzene rings is 3. The summed E-state index contributed by atoms with van der Waals surface area (Å²) in [5.41, 5.74) is 1.54. The molecule has 0 radical (unpaired) electrons. The van der Waals surface area contributed by atoms with E-state index in [1.807, 2.05) is 6.07 Å². The van der Waals surface area contributed by atoms with Gasteiger partial charge in [-0.2, -0.15) is 0 Å². The standard InChI is InChI=1S/C23H21FN2O5S/c1-15-7-9-17(32(28,29)25-20-6-4-3-5-19(20)24)12-18(15)23(27)26(2)13-16-8-10-21-22(11-16)31-14-30-21/h3-12,25H,13-14H2,1-2H3. The van der Waals surface area contributed by atoms with Crippen molar-refractivity contribution in [1.29, 1.82) is 0 Å². The number of aryl methyl sites for hydroxylation is 1. The number of fused-ring (bicyclic) bond motifs is 1. The van der Waals surface area contributed by atoms with Gasteiger partial charge in [-0.25, -0.2) is 12.8 Å². The largest absolute Gasteiger partial charge is 0.454 e. The van der Waals surface area contributed by atoms with Gasteiger partial charge in [-0.1, -0.05) is 24.3 Å². The van der Waals surface area contributed by atoms with Gasteiger partial charge in [0.25, 0.3) is 15.9 Å². The van der Waals surface area contributed by atoms with Crippen molar-refractivity contribution in [2.24, 2.45) is 0 Å². The fraction of sp³-hybridized carbons (Fsp3) is 0.174. The normalized spacial score (nSPS) is 12.5. The zero-order valence-corrected chi connectivity index (χ0v) is 18.3. The molecule has 1 N–H and O–H groups in total. The Balaban J connectivity index is 1.56. The Labute approximate surface area is 185 Å². The van der Waals surface area contributed by atoms with E-state index in [0.717, 1.165) is 11.6 Å². The van der Waals surface area contributed by atoms with E-state index < -0.39 is 15.8 Å². The number of amides is 1. The number of carbonyl (C=O) groups is 1. The van der Waals surface area contributed by atoms with E-state index >= 15 is 0 Å². The van der Waals surface area contributed by atoms with E-state index in [4.69, 9.17) is 9.47 Å². The van der Waals surface area contributed by atoms with Crippen molar-refractivity contribution in [3.05, 3.63) is 83.2 Å². The average Bonchev–Trinajstić information content (AvgIpc) is 3.23. The van der Waals surface area contributed by atoms with Gasteiger partial charge >= 0.3 is 0 Å². The molecule has 4 rings (SSSR count). The van der Waals surface area contributed by atoms with Crippen LogP contribution in [0.2, 0.25) is 0 Å². The van der Waals surface area contributed by atoms with E-state index in [0.29, 0.717) is 23.6 Å². The SMILES string of the molecule is Cc1ccc(S(=O)(=O)Nc2ccccc2F)cc1C(=O)N(C)Cc1ccc2c(c1)OCO2.